The Labute approximate surface area is 124 Å². The molecular formula is C17H16ClNO. The number of rotatable bonds is 5. The molecule has 2 aromatic carbocycles. The van der Waals surface area contributed by atoms with Crippen molar-refractivity contribution < 1.29 is 4.74 Å². The summed E-state index contributed by atoms with van der Waals surface area (Å²) in [4.78, 5) is 0. The molecule has 0 unspecified atom stereocenters. The van der Waals surface area contributed by atoms with E-state index in [0.29, 0.717) is 16.3 Å². The molecule has 2 rings (SSSR count). The number of nitrogens with zero attached hydrogens (tertiary/aromatic N) is 1. The van der Waals surface area contributed by atoms with E-state index in [2.05, 4.69) is 19.1 Å². The zero-order valence-electron chi connectivity index (χ0n) is 11.4. The maximum absolute atomic E-state index is 8.83. The van der Waals surface area contributed by atoms with Crippen LogP contribution in [0, 0.1) is 11.3 Å². The maximum atomic E-state index is 8.83. The van der Waals surface area contributed by atoms with E-state index >= 15 is 0 Å². The van der Waals surface area contributed by atoms with Gasteiger partial charge in [0.15, 0.2) is 0 Å². The molecule has 0 saturated carbocycles. The van der Waals surface area contributed by atoms with Crippen LogP contribution in [0.25, 0.3) is 0 Å². The van der Waals surface area contributed by atoms with Crippen LogP contribution >= 0.6 is 11.6 Å². The topological polar surface area (TPSA) is 33.0 Å². The molecule has 102 valence electrons. The predicted molar refractivity (Wildman–Crippen MR) is 81.3 cm³/mol. The fourth-order valence-electron chi connectivity index (χ4n) is 1.89. The molecule has 0 aliphatic rings. The van der Waals surface area contributed by atoms with Gasteiger partial charge in [0.1, 0.15) is 17.6 Å². The second kappa shape index (κ2) is 6.98. The van der Waals surface area contributed by atoms with Crippen LogP contribution < -0.4 is 4.74 Å². The largest absolute Gasteiger partial charge is 0.457 e. The molecule has 0 heterocycles. The third kappa shape index (κ3) is 3.76. The fourth-order valence-corrected chi connectivity index (χ4v) is 2.10. The van der Waals surface area contributed by atoms with Crippen LogP contribution in [0.2, 0.25) is 5.02 Å². The smallest absolute Gasteiger partial charge is 0.129 e. The number of halogens is 1. The van der Waals surface area contributed by atoms with Gasteiger partial charge in [0.05, 0.1) is 10.6 Å². The Morgan fingerprint density at radius 1 is 1.10 bits per heavy atom. The lowest BCUT2D eigenvalue weighted by Crippen LogP contribution is -1.88. The van der Waals surface area contributed by atoms with E-state index < -0.39 is 0 Å². The van der Waals surface area contributed by atoms with Gasteiger partial charge in [0.2, 0.25) is 0 Å². The highest BCUT2D eigenvalue weighted by molar-refractivity contribution is 6.31. The van der Waals surface area contributed by atoms with Crippen LogP contribution in [-0.4, -0.2) is 0 Å². The zero-order valence-corrected chi connectivity index (χ0v) is 12.2. The normalized spacial score (nSPS) is 10.1. The van der Waals surface area contributed by atoms with Crippen molar-refractivity contribution >= 4 is 11.6 Å². The van der Waals surface area contributed by atoms with Crippen molar-refractivity contribution in [3.8, 4) is 17.6 Å². The van der Waals surface area contributed by atoms with Crippen molar-refractivity contribution in [2.75, 3.05) is 0 Å². The van der Waals surface area contributed by atoms with Crippen molar-refractivity contribution in [2.45, 2.75) is 26.2 Å². The van der Waals surface area contributed by atoms with E-state index in [9.17, 15) is 0 Å². The number of hydrogen-bond donors (Lipinski definition) is 0. The Morgan fingerprint density at radius 3 is 2.40 bits per heavy atom. The van der Waals surface area contributed by atoms with Crippen LogP contribution in [0.4, 0.5) is 0 Å². The molecule has 2 aromatic rings. The summed E-state index contributed by atoms with van der Waals surface area (Å²) >= 11 is 5.98. The summed E-state index contributed by atoms with van der Waals surface area (Å²) in [6, 6.07) is 15.2. The molecule has 0 aliphatic carbocycles. The Balaban J connectivity index is 2.06. The average molecular weight is 286 g/mol. The molecule has 0 fully saturated rings. The van der Waals surface area contributed by atoms with Crippen molar-refractivity contribution in [2.24, 2.45) is 0 Å². The number of nitriles is 1. The van der Waals surface area contributed by atoms with Gasteiger partial charge >= 0.3 is 0 Å². The Bertz CT molecular complexity index is 614. The van der Waals surface area contributed by atoms with Crippen LogP contribution in [0.5, 0.6) is 11.5 Å². The molecule has 0 saturated heterocycles. The van der Waals surface area contributed by atoms with Gasteiger partial charge in [-0.1, -0.05) is 37.1 Å². The second-order valence-electron chi connectivity index (χ2n) is 4.60. The highest BCUT2D eigenvalue weighted by Gasteiger charge is 2.03. The van der Waals surface area contributed by atoms with Gasteiger partial charge in [-0.25, -0.2) is 0 Å². The lowest BCUT2D eigenvalue weighted by molar-refractivity contribution is 0.482. The van der Waals surface area contributed by atoms with Crippen LogP contribution in [0.3, 0.4) is 0 Å². The van der Waals surface area contributed by atoms with Gasteiger partial charge in [-0.15, -0.1) is 0 Å². The number of benzene rings is 2. The van der Waals surface area contributed by atoms with Gasteiger partial charge in [-0.2, -0.15) is 5.26 Å². The summed E-state index contributed by atoms with van der Waals surface area (Å²) in [5.41, 5.74) is 1.77. The molecule has 0 aliphatic heterocycles. The molecule has 0 amide bonds. The lowest BCUT2D eigenvalue weighted by atomic mass is 10.1. The van der Waals surface area contributed by atoms with Gasteiger partial charge in [-0.05, 0) is 42.7 Å². The van der Waals surface area contributed by atoms with Crippen molar-refractivity contribution in [1.82, 2.24) is 0 Å². The molecule has 0 N–H and O–H groups in total. The van der Waals surface area contributed by atoms with E-state index in [-0.39, 0.29) is 0 Å². The quantitative estimate of drug-likeness (QED) is 0.742. The summed E-state index contributed by atoms with van der Waals surface area (Å²) in [5, 5.41) is 9.23. The van der Waals surface area contributed by atoms with E-state index in [1.807, 2.05) is 18.2 Å². The monoisotopic (exact) mass is 285 g/mol. The summed E-state index contributed by atoms with van der Waals surface area (Å²) in [6.45, 7) is 2.19. The van der Waals surface area contributed by atoms with E-state index in [4.69, 9.17) is 21.6 Å². The number of unbranched alkanes of at least 4 members (excludes halogenated alkanes) is 1. The van der Waals surface area contributed by atoms with Crippen LogP contribution in [-0.2, 0) is 6.42 Å². The average Bonchev–Trinajstić information content (AvgIpc) is 2.47. The Kier molecular flexibility index (Phi) is 5.03. The number of hydrogen-bond acceptors (Lipinski definition) is 2. The molecule has 3 heteroatoms. The van der Waals surface area contributed by atoms with Gasteiger partial charge < -0.3 is 4.74 Å². The first-order valence-corrected chi connectivity index (χ1v) is 7.07. The third-order valence-corrected chi connectivity index (χ3v) is 3.35. The highest BCUT2D eigenvalue weighted by atomic mass is 35.5. The molecule has 2 nitrogen and oxygen atoms in total. The molecular weight excluding hydrogens is 270 g/mol. The first-order valence-electron chi connectivity index (χ1n) is 6.69. The lowest BCUT2D eigenvalue weighted by Gasteiger charge is -2.07. The van der Waals surface area contributed by atoms with E-state index in [1.165, 1.54) is 18.4 Å². The van der Waals surface area contributed by atoms with Crippen LogP contribution in [0.1, 0.15) is 30.9 Å². The SMILES string of the molecule is CCCCc1ccc(Oc2ccc(C#N)c(Cl)c2)cc1. The first-order chi connectivity index (χ1) is 9.72. The minimum atomic E-state index is 0.407. The molecule has 0 spiro atoms. The van der Waals surface area contributed by atoms with E-state index in [1.54, 1.807) is 18.2 Å². The summed E-state index contributed by atoms with van der Waals surface area (Å²) in [6.07, 6.45) is 3.49. The molecule has 20 heavy (non-hydrogen) atoms. The van der Waals surface area contributed by atoms with Crippen molar-refractivity contribution in [3.63, 3.8) is 0 Å². The molecule has 0 atom stereocenters. The third-order valence-electron chi connectivity index (χ3n) is 3.04. The molecule has 0 radical (unpaired) electrons. The summed E-state index contributed by atoms with van der Waals surface area (Å²) in [5.74, 6) is 1.40. The molecule has 0 bridgehead atoms. The van der Waals surface area contributed by atoms with Crippen LogP contribution in [0.15, 0.2) is 42.5 Å². The number of aryl methyl sites for hydroxylation is 1. The predicted octanol–water partition coefficient (Wildman–Crippen LogP) is 5.35. The highest BCUT2D eigenvalue weighted by Crippen LogP contribution is 2.26. The maximum Gasteiger partial charge on any atom is 0.129 e. The van der Waals surface area contributed by atoms with Crippen molar-refractivity contribution in [3.05, 3.63) is 58.6 Å². The van der Waals surface area contributed by atoms with Gasteiger partial charge in [-0.3, -0.25) is 0 Å². The Morgan fingerprint density at radius 2 is 1.80 bits per heavy atom. The number of ether oxygens (including phenoxy) is 1. The minimum Gasteiger partial charge on any atom is -0.457 e. The second-order valence-corrected chi connectivity index (χ2v) is 5.01. The van der Waals surface area contributed by atoms with Crippen molar-refractivity contribution in [1.29, 1.82) is 5.26 Å². The minimum absolute atomic E-state index is 0.407. The van der Waals surface area contributed by atoms with Gasteiger partial charge in [0, 0.05) is 6.07 Å². The molecule has 0 aromatic heterocycles. The standard InChI is InChI=1S/C17H16ClNO/c1-2-3-4-13-5-8-15(9-6-13)20-16-10-7-14(12-19)17(18)11-16/h5-11H,2-4H2,1H3. The fraction of sp³-hybridized carbons (Fsp3) is 0.235. The first kappa shape index (κ1) is 14.4. The van der Waals surface area contributed by atoms with Gasteiger partial charge in [0.25, 0.3) is 0 Å². The zero-order chi connectivity index (χ0) is 14.4. The Hall–Kier alpha value is -1.98. The van der Waals surface area contributed by atoms with E-state index in [0.717, 1.165) is 12.2 Å². The summed E-state index contributed by atoms with van der Waals surface area (Å²) < 4.78 is 5.72. The summed E-state index contributed by atoms with van der Waals surface area (Å²) in [7, 11) is 0.